The van der Waals surface area contributed by atoms with Crippen LogP contribution in [0.25, 0.3) is 11.3 Å². The van der Waals surface area contributed by atoms with E-state index in [4.69, 9.17) is 0 Å². The number of piperidine rings is 2. The number of anilines is 1. The molecule has 0 bridgehead atoms. The smallest absolute Gasteiger partial charge is 0.0811 e. The van der Waals surface area contributed by atoms with E-state index in [9.17, 15) is 5.26 Å². The summed E-state index contributed by atoms with van der Waals surface area (Å²) in [7, 11) is 0. The molecular weight excluding hydrogens is 328 g/mol. The van der Waals surface area contributed by atoms with E-state index in [0.29, 0.717) is 6.04 Å². The maximum absolute atomic E-state index is 9.21. The van der Waals surface area contributed by atoms with Crippen molar-refractivity contribution >= 4 is 17.0 Å². The van der Waals surface area contributed by atoms with Gasteiger partial charge < -0.3 is 4.90 Å². The Morgan fingerprint density at radius 3 is 2.80 bits per heavy atom. The summed E-state index contributed by atoms with van der Waals surface area (Å²) >= 11 is 1.64. The molecule has 1 unspecified atom stereocenters. The number of hydrogen-bond donors (Lipinski definition) is 0. The van der Waals surface area contributed by atoms with E-state index >= 15 is 0 Å². The number of likely N-dealkylation sites (tertiary alicyclic amines) is 1. The molecule has 1 aromatic heterocycles. The highest BCUT2D eigenvalue weighted by Gasteiger charge is 2.28. The highest BCUT2D eigenvalue weighted by Crippen LogP contribution is 2.29. The molecule has 0 amide bonds. The fourth-order valence-corrected chi connectivity index (χ4v) is 4.71. The van der Waals surface area contributed by atoms with E-state index in [2.05, 4.69) is 50.5 Å². The van der Waals surface area contributed by atoms with Crippen LogP contribution in [0.4, 0.5) is 5.69 Å². The Kier molecular flexibility index (Phi) is 5.00. The molecule has 0 N–H and O–H groups in total. The number of benzene rings is 1. The van der Waals surface area contributed by atoms with Crippen LogP contribution >= 0.6 is 11.3 Å². The van der Waals surface area contributed by atoms with Gasteiger partial charge in [0.25, 0.3) is 0 Å². The lowest BCUT2D eigenvalue weighted by Crippen LogP contribution is -2.48. The fraction of sp³-hybridized carbons (Fsp3) is 0.500. The lowest BCUT2D eigenvalue weighted by atomic mass is 9.94. The van der Waals surface area contributed by atoms with Crippen LogP contribution < -0.4 is 4.90 Å². The monoisotopic (exact) mass is 352 g/mol. The van der Waals surface area contributed by atoms with E-state index in [0.717, 1.165) is 31.7 Å². The van der Waals surface area contributed by atoms with E-state index in [1.807, 2.05) is 5.51 Å². The summed E-state index contributed by atoms with van der Waals surface area (Å²) in [6.07, 6.45) is 4.64. The SMILES string of the molecule is N#CC1CCCN(C2CCN(c3cccc(-c4cscn4)c3)CC2)C1. The fourth-order valence-electron chi connectivity index (χ4n) is 4.15. The van der Waals surface area contributed by atoms with Crippen molar-refractivity contribution in [3.05, 3.63) is 35.2 Å². The summed E-state index contributed by atoms with van der Waals surface area (Å²) in [5.41, 5.74) is 5.46. The molecule has 1 aromatic carbocycles. The molecular formula is C20H24N4S. The molecule has 130 valence electrons. The number of aromatic nitrogens is 1. The van der Waals surface area contributed by atoms with Crippen LogP contribution in [0.3, 0.4) is 0 Å². The summed E-state index contributed by atoms with van der Waals surface area (Å²) in [5, 5.41) is 11.3. The van der Waals surface area contributed by atoms with Crippen molar-refractivity contribution in [2.24, 2.45) is 5.92 Å². The first-order chi connectivity index (χ1) is 12.3. The molecule has 0 radical (unpaired) electrons. The first kappa shape index (κ1) is 16.6. The van der Waals surface area contributed by atoms with Gasteiger partial charge >= 0.3 is 0 Å². The van der Waals surface area contributed by atoms with E-state index in [1.54, 1.807) is 11.3 Å². The zero-order valence-corrected chi connectivity index (χ0v) is 15.3. The first-order valence-corrected chi connectivity index (χ1v) is 10.1. The topological polar surface area (TPSA) is 43.2 Å². The summed E-state index contributed by atoms with van der Waals surface area (Å²) in [6.45, 7) is 4.33. The Morgan fingerprint density at radius 2 is 2.04 bits per heavy atom. The van der Waals surface area contributed by atoms with Gasteiger partial charge in [-0.05, 0) is 44.4 Å². The van der Waals surface area contributed by atoms with E-state index in [-0.39, 0.29) is 5.92 Å². The van der Waals surface area contributed by atoms with Gasteiger partial charge in [0.05, 0.1) is 23.2 Å². The molecule has 3 heterocycles. The molecule has 2 fully saturated rings. The van der Waals surface area contributed by atoms with Gasteiger partial charge in [0.1, 0.15) is 0 Å². The second kappa shape index (κ2) is 7.55. The van der Waals surface area contributed by atoms with Crippen molar-refractivity contribution in [1.82, 2.24) is 9.88 Å². The minimum atomic E-state index is 0.238. The van der Waals surface area contributed by atoms with Gasteiger partial charge in [-0.2, -0.15) is 5.26 Å². The predicted octanol–water partition coefficient (Wildman–Crippen LogP) is 4.01. The van der Waals surface area contributed by atoms with Crippen LogP contribution in [0.2, 0.25) is 0 Å². The molecule has 2 aliphatic heterocycles. The number of nitriles is 1. The molecule has 0 aliphatic carbocycles. The molecule has 5 heteroatoms. The van der Waals surface area contributed by atoms with Crippen LogP contribution in [-0.2, 0) is 0 Å². The minimum Gasteiger partial charge on any atom is -0.371 e. The minimum absolute atomic E-state index is 0.238. The molecule has 1 atom stereocenters. The van der Waals surface area contributed by atoms with Crippen LogP contribution in [-0.4, -0.2) is 42.1 Å². The number of thiazole rings is 1. The van der Waals surface area contributed by atoms with E-state index in [1.165, 1.54) is 37.1 Å². The van der Waals surface area contributed by atoms with Crippen molar-refractivity contribution in [2.75, 3.05) is 31.1 Å². The molecule has 2 saturated heterocycles. The van der Waals surface area contributed by atoms with Gasteiger partial charge in [-0.15, -0.1) is 11.3 Å². The number of rotatable bonds is 3. The van der Waals surface area contributed by atoms with Crippen LogP contribution in [0.15, 0.2) is 35.2 Å². The Labute approximate surface area is 153 Å². The van der Waals surface area contributed by atoms with Crippen LogP contribution in [0, 0.1) is 17.2 Å². The zero-order valence-electron chi connectivity index (χ0n) is 14.5. The van der Waals surface area contributed by atoms with Crippen molar-refractivity contribution in [3.8, 4) is 17.3 Å². The Bertz CT molecular complexity index is 728. The zero-order chi connectivity index (χ0) is 17.1. The molecule has 0 saturated carbocycles. The first-order valence-electron chi connectivity index (χ1n) is 9.21. The largest absolute Gasteiger partial charge is 0.371 e. The van der Waals surface area contributed by atoms with Crippen molar-refractivity contribution in [3.63, 3.8) is 0 Å². The molecule has 0 spiro atoms. The summed E-state index contributed by atoms with van der Waals surface area (Å²) in [5.74, 6) is 0.238. The maximum atomic E-state index is 9.21. The summed E-state index contributed by atoms with van der Waals surface area (Å²) < 4.78 is 0. The van der Waals surface area contributed by atoms with Gasteiger partial charge in [0, 0.05) is 42.3 Å². The highest BCUT2D eigenvalue weighted by atomic mass is 32.1. The number of nitrogens with zero attached hydrogens (tertiary/aromatic N) is 4. The highest BCUT2D eigenvalue weighted by molar-refractivity contribution is 7.07. The average molecular weight is 353 g/mol. The lowest BCUT2D eigenvalue weighted by molar-refractivity contribution is 0.122. The maximum Gasteiger partial charge on any atom is 0.0811 e. The molecule has 2 aliphatic rings. The van der Waals surface area contributed by atoms with Gasteiger partial charge in [-0.1, -0.05) is 12.1 Å². The Morgan fingerprint density at radius 1 is 1.16 bits per heavy atom. The van der Waals surface area contributed by atoms with Gasteiger partial charge in [0.2, 0.25) is 0 Å². The third kappa shape index (κ3) is 3.70. The lowest BCUT2D eigenvalue weighted by Gasteiger charge is -2.42. The van der Waals surface area contributed by atoms with Gasteiger partial charge in [-0.3, -0.25) is 4.90 Å². The van der Waals surface area contributed by atoms with Crippen molar-refractivity contribution in [1.29, 1.82) is 5.26 Å². The van der Waals surface area contributed by atoms with Crippen LogP contribution in [0.1, 0.15) is 25.7 Å². The normalized spacial score (nSPS) is 22.7. The van der Waals surface area contributed by atoms with Gasteiger partial charge in [0.15, 0.2) is 0 Å². The summed E-state index contributed by atoms with van der Waals surface area (Å²) in [4.78, 5) is 9.50. The quantitative estimate of drug-likeness (QED) is 0.837. The van der Waals surface area contributed by atoms with Crippen LogP contribution in [0.5, 0.6) is 0 Å². The Hall–Kier alpha value is -1.90. The molecule has 4 nitrogen and oxygen atoms in total. The molecule has 4 rings (SSSR count). The molecule has 2 aromatic rings. The predicted molar refractivity (Wildman–Crippen MR) is 103 cm³/mol. The van der Waals surface area contributed by atoms with Gasteiger partial charge in [-0.25, -0.2) is 4.98 Å². The second-order valence-electron chi connectivity index (χ2n) is 7.11. The third-order valence-electron chi connectivity index (χ3n) is 5.56. The second-order valence-corrected chi connectivity index (χ2v) is 7.82. The molecule has 25 heavy (non-hydrogen) atoms. The van der Waals surface area contributed by atoms with Crippen molar-refractivity contribution < 1.29 is 0 Å². The Balaban J connectivity index is 1.39. The van der Waals surface area contributed by atoms with E-state index < -0.39 is 0 Å². The average Bonchev–Trinajstić information content (AvgIpc) is 3.23. The standard InChI is InChI=1S/C20H24N4S/c21-12-16-3-2-8-24(13-16)18-6-9-23(10-7-18)19-5-1-4-17(11-19)20-14-25-15-22-20/h1,4-5,11,14-16,18H,2-3,6-10,13H2. The summed E-state index contributed by atoms with van der Waals surface area (Å²) in [6, 6.07) is 11.9. The number of hydrogen-bond acceptors (Lipinski definition) is 5. The third-order valence-corrected chi connectivity index (χ3v) is 6.14. The van der Waals surface area contributed by atoms with Crippen molar-refractivity contribution in [2.45, 2.75) is 31.7 Å².